The summed E-state index contributed by atoms with van der Waals surface area (Å²) in [6, 6.07) is 24.8. The molecule has 0 saturated carbocycles. The van der Waals surface area contributed by atoms with Crippen molar-refractivity contribution in [2.45, 2.75) is 6.54 Å². The molecular weight excluding hydrogens is 378 g/mol. The Labute approximate surface area is 152 Å². The van der Waals surface area contributed by atoms with Gasteiger partial charge >= 0.3 is 17.1 Å². The van der Waals surface area contributed by atoms with Crippen LogP contribution in [0.25, 0.3) is 11.1 Å². The van der Waals surface area contributed by atoms with Crippen molar-refractivity contribution in [3.63, 3.8) is 0 Å². The Hall–Kier alpha value is -1.12. The maximum atomic E-state index is 3.60. The minimum Gasteiger partial charge on any atom is -0.314 e. The quantitative estimate of drug-likeness (QED) is 0.428. The first-order chi connectivity index (χ1) is 10.2. The Balaban J connectivity index is 0.000000344. The minimum absolute atomic E-state index is 0. The van der Waals surface area contributed by atoms with E-state index < -0.39 is 0 Å². The second kappa shape index (κ2) is 9.81. The van der Waals surface area contributed by atoms with Gasteiger partial charge in [0.25, 0.3) is 0 Å². The Morgan fingerprint density at radius 3 is 2.23 bits per heavy atom. The number of benzene rings is 1. The number of nitrogens with zero attached hydrogens (tertiary/aromatic N) is 1. The zero-order chi connectivity index (χ0) is 15.1. The third-order valence-corrected chi connectivity index (χ3v) is 3.80. The Morgan fingerprint density at radius 2 is 1.68 bits per heavy atom. The summed E-state index contributed by atoms with van der Waals surface area (Å²) in [4.78, 5) is 2.19. The van der Waals surface area contributed by atoms with Gasteiger partial charge in [-0.25, -0.2) is 12.1 Å². The third kappa shape index (κ3) is 5.58. The maximum Gasteiger partial charge on any atom is 2.00 e. The van der Waals surface area contributed by atoms with Crippen LogP contribution < -0.4 is 0 Å². The van der Waals surface area contributed by atoms with Crippen molar-refractivity contribution in [2.75, 3.05) is 14.1 Å². The monoisotopic (exact) mass is 397 g/mol. The number of rotatable bonds is 3. The predicted molar refractivity (Wildman–Crippen MR) is 94.6 cm³/mol. The van der Waals surface area contributed by atoms with E-state index in [1.54, 1.807) is 0 Å². The fourth-order valence-corrected chi connectivity index (χ4v) is 2.70. The van der Waals surface area contributed by atoms with Crippen molar-refractivity contribution in [1.82, 2.24) is 4.90 Å². The molecule has 3 aromatic rings. The summed E-state index contributed by atoms with van der Waals surface area (Å²) >= 11 is 3.60. The van der Waals surface area contributed by atoms with Crippen LogP contribution in [0.5, 0.6) is 0 Å². The van der Waals surface area contributed by atoms with Crippen LogP contribution in [0.3, 0.4) is 0 Å². The molecule has 0 saturated heterocycles. The van der Waals surface area contributed by atoms with E-state index in [1.165, 1.54) is 16.7 Å². The average molecular weight is 398 g/mol. The van der Waals surface area contributed by atoms with Crippen LogP contribution in [-0.4, -0.2) is 19.0 Å². The molecular formula is C19H20BrFeN. The van der Waals surface area contributed by atoms with E-state index in [1.807, 2.05) is 36.4 Å². The molecule has 0 fully saturated rings. The minimum atomic E-state index is 0. The summed E-state index contributed by atoms with van der Waals surface area (Å²) in [5, 5.41) is 0. The molecule has 0 aliphatic rings. The summed E-state index contributed by atoms with van der Waals surface area (Å²) in [5.74, 6) is 0. The van der Waals surface area contributed by atoms with Gasteiger partial charge < -0.3 is 4.90 Å². The van der Waals surface area contributed by atoms with Gasteiger partial charge in [0.05, 0.1) is 0 Å². The SMILES string of the molecule is CN(C)C[c-]1cccc1-c1ccccc1Br.[Fe+2].c1cc[cH-]c1. The molecule has 0 unspecified atom stereocenters. The summed E-state index contributed by atoms with van der Waals surface area (Å²) in [7, 11) is 4.19. The predicted octanol–water partition coefficient (Wildman–Crippen LogP) is 5.30. The molecule has 0 heterocycles. The maximum absolute atomic E-state index is 3.60. The Morgan fingerprint density at radius 1 is 1.00 bits per heavy atom. The standard InChI is InChI=1S/C14H15BrN.C5H5.Fe/c1-16(2)10-11-6-5-8-12(11)13-7-3-4-9-14(13)15;1-2-4-5-3-1;/h3-9H,10H2,1-2H3;1-5H;/q2*-1;+2. The largest absolute Gasteiger partial charge is 2.00 e. The van der Waals surface area contributed by atoms with E-state index in [0.29, 0.717) is 0 Å². The van der Waals surface area contributed by atoms with Crippen LogP contribution in [0.4, 0.5) is 0 Å². The van der Waals surface area contributed by atoms with Crippen molar-refractivity contribution >= 4 is 15.9 Å². The molecule has 0 bridgehead atoms. The van der Waals surface area contributed by atoms with Crippen LogP contribution in [0.1, 0.15) is 5.56 Å². The average Bonchev–Trinajstić information content (AvgIpc) is 3.12. The molecule has 0 aliphatic carbocycles. The first kappa shape index (κ1) is 18.9. The molecule has 3 aromatic carbocycles. The van der Waals surface area contributed by atoms with Gasteiger partial charge in [0.2, 0.25) is 0 Å². The molecule has 0 amide bonds. The van der Waals surface area contributed by atoms with Crippen LogP contribution in [0.15, 0.2) is 77.3 Å². The molecule has 0 atom stereocenters. The summed E-state index contributed by atoms with van der Waals surface area (Å²) < 4.78 is 1.15. The Bertz CT molecular complexity index is 624. The van der Waals surface area contributed by atoms with Crippen LogP contribution >= 0.6 is 15.9 Å². The van der Waals surface area contributed by atoms with Gasteiger partial charge in [-0.05, 0) is 25.1 Å². The van der Waals surface area contributed by atoms with Crippen molar-refractivity contribution in [3.8, 4) is 11.1 Å². The van der Waals surface area contributed by atoms with Crippen molar-refractivity contribution in [1.29, 1.82) is 0 Å². The molecule has 0 aliphatic heterocycles. The van der Waals surface area contributed by atoms with Crippen LogP contribution in [-0.2, 0) is 23.6 Å². The molecule has 1 nitrogen and oxygen atoms in total. The van der Waals surface area contributed by atoms with Gasteiger partial charge in [-0.3, -0.25) is 0 Å². The molecule has 3 rings (SSSR count). The fraction of sp³-hybridized carbons (Fsp3) is 0.158. The normalized spacial score (nSPS) is 9.82. The van der Waals surface area contributed by atoms with E-state index in [0.717, 1.165) is 11.0 Å². The zero-order valence-electron chi connectivity index (χ0n) is 12.8. The van der Waals surface area contributed by atoms with Gasteiger partial charge in [0.15, 0.2) is 0 Å². The Kier molecular flexibility index (Phi) is 8.44. The number of hydrogen-bond acceptors (Lipinski definition) is 1. The molecule has 0 aromatic heterocycles. The van der Waals surface area contributed by atoms with E-state index >= 15 is 0 Å². The summed E-state index contributed by atoms with van der Waals surface area (Å²) in [6.07, 6.45) is 0. The van der Waals surface area contributed by atoms with E-state index in [-0.39, 0.29) is 17.1 Å². The molecule has 0 radical (unpaired) electrons. The first-order valence-electron chi connectivity index (χ1n) is 6.99. The van der Waals surface area contributed by atoms with E-state index in [9.17, 15) is 0 Å². The summed E-state index contributed by atoms with van der Waals surface area (Å²) in [5.41, 5.74) is 3.96. The first-order valence-corrected chi connectivity index (χ1v) is 7.78. The van der Waals surface area contributed by atoms with Crippen molar-refractivity contribution in [2.24, 2.45) is 0 Å². The van der Waals surface area contributed by atoms with Gasteiger partial charge in [-0.15, -0.1) is 17.2 Å². The van der Waals surface area contributed by atoms with Gasteiger partial charge in [0.1, 0.15) is 0 Å². The smallest absolute Gasteiger partial charge is 0.314 e. The molecule has 3 heteroatoms. The molecule has 0 N–H and O–H groups in total. The van der Waals surface area contributed by atoms with Gasteiger partial charge in [-0.2, -0.15) is 30.3 Å². The summed E-state index contributed by atoms with van der Waals surface area (Å²) in [6.45, 7) is 0.976. The van der Waals surface area contributed by atoms with Crippen LogP contribution in [0.2, 0.25) is 0 Å². The van der Waals surface area contributed by atoms with Crippen molar-refractivity contribution < 1.29 is 17.1 Å². The number of hydrogen-bond donors (Lipinski definition) is 0. The van der Waals surface area contributed by atoms with Gasteiger partial charge in [0, 0.05) is 0 Å². The third-order valence-electron chi connectivity index (χ3n) is 3.11. The number of halogens is 1. The molecule has 0 spiro atoms. The van der Waals surface area contributed by atoms with E-state index in [2.05, 4.69) is 71.3 Å². The molecule has 116 valence electrons. The topological polar surface area (TPSA) is 3.24 Å². The van der Waals surface area contributed by atoms with Crippen molar-refractivity contribution in [3.05, 3.63) is 82.8 Å². The van der Waals surface area contributed by atoms with Crippen LogP contribution in [0, 0.1) is 0 Å². The zero-order valence-corrected chi connectivity index (χ0v) is 15.5. The van der Waals surface area contributed by atoms with E-state index in [4.69, 9.17) is 0 Å². The second-order valence-corrected chi connectivity index (χ2v) is 6.00. The van der Waals surface area contributed by atoms with Gasteiger partial charge in [-0.1, -0.05) is 45.8 Å². The fourth-order valence-electron chi connectivity index (χ4n) is 2.20. The molecule has 22 heavy (non-hydrogen) atoms. The second-order valence-electron chi connectivity index (χ2n) is 5.14.